The van der Waals surface area contributed by atoms with E-state index in [4.69, 9.17) is 14.2 Å². The van der Waals surface area contributed by atoms with Crippen molar-refractivity contribution in [2.45, 2.75) is 26.4 Å². The third-order valence-corrected chi connectivity index (χ3v) is 5.48. The summed E-state index contributed by atoms with van der Waals surface area (Å²) in [7, 11) is 0. The molecule has 2 N–H and O–H groups in total. The fourth-order valence-electron chi connectivity index (χ4n) is 3.94. The van der Waals surface area contributed by atoms with Gasteiger partial charge in [0.05, 0.1) is 60.8 Å². The summed E-state index contributed by atoms with van der Waals surface area (Å²) in [6.07, 6.45) is 0. The van der Waals surface area contributed by atoms with Gasteiger partial charge in [0.2, 0.25) is 0 Å². The van der Waals surface area contributed by atoms with Crippen molar-refractivity contribution in [2.24, 2.45) is 0 Å². The molecule has 8 nitrogen and oxygen atoms in total. The third kappa shape index (κ3) is 6.15. The Morgan fingerprint density at radius 3 is 2.37 bits per heavy atom. The first-order chi connectivity index (χ1) is 17.0. The fourth-order valence-corrected chi connectivity index (χ4v) is 3.94. The molecule has 0 fully saturated rings. The highest BCUT2D eigenvalue weighted by Gasteiger charge is 2.39. The zero-order valence-corrected chi connectivity index (χ0v) is 19.7. The molecule has 0 radical (unpaired) electrons. The number of carbonyl (C=O) groups is 2. The predicted molar refractivity (Wildman–Crippen MR) is 128 cm³/mol. The van der Waals surface area contributed by atoms with Crippen LogP contribution in [-0.2, 0) is 30.4 Å². The van der Waals surface area contributed by atoms with Crippen LogP contribution < -0.4 is 5.32 Å². The lowest BCUT2D eigenvalue weighted by Crippen LogP contribution is -2.35. The Kier molecular flexibility index (Phi) is 9.18. The van der Waals surface area contributed by atoms with Gasteiger partial charge in [-0.3, -0.25) is 0 Å². The molecule has 2 aromatic rings. The average molecular weight is 477 g/mol. The van der Waals surface area contributed by atoms with Crippen molar-refractivity contribution in [2.75, 3.05) is 26.4 Å². The van der Waals surface area contributed by atoms with Gasteiger partial charge in [0.15, 0.2) is 0 Å². The van der Waals surface area contributed by atoms with Gasteiger partial charge in [-0.1, -0.05) is 48.5 Å². The van der Waals surface area contributed by atoms with Crippen molar-refractivity contribution in [1.82, 2.24) is 5.32 Å². The van der Waals surface area contributed by atoms with Gasteiger partial charge >= 0.3 is 11.9 Å². The van der Waals surface area contributed by atoms with Crippen LogP contribution in [0.3, 0.4) is 0 Å². The van der Waals surface area contributed by atoms with Gasteiger partial charge in [-0.05, 0) is 31.0 Å². The van der Waals surface area contributed by atoms with Crippen LogP contribution in [0.5, 0.6) is 0 Å². The molecule has 0 saturated heterocycles. The molecule has 2 aromatic carbocycles. The number of aliphatic hydroxyl groups is 1. The molecule has 0 spiro atoms. The minimum Gasteiger partial charge on any atom is -0.463 e. The first-order valence-corrected chi connectivity index (χ1v) is 11.3. The van der Waals surface area contributed by atoms with Crippen LogP contribution in [0.2, 0.25) is 0 Å². The molecule has 1 aliphatic heterocycles. The zero-order chi connectivity index (χ0) is 25.2. The highest BCUT2D eigenvalue weighted by atomic mass is 16.6. The largest absolute Gasteiger partial charge is 0.463 e. The Balaban J connectivity index is 1.86. The lowest BCUT2D eigenvalue weighted by molar-refractivity contribution is -0.141. The molecule has 1 unspecified atom stereocenters. The van der Waals surface area contributed by atoms with Crippen LogP contribution in [0.1, 0.15) is 36.5 Å². The lowest BCUT2D eigenvalue weighted by Gasteiger charge is -2.31. The lowest BCUT2D eigenvalue weighted by atomic mass is 9.78. The number of aliphatic hydroxyl groups excluding tert-OH is 1. The normalized spacial score (nSPS) is 15.3. The summed E-state index contributed by atoms with van der Waals surface area (Å²) in [5.74, 6) is -2.30. The number of nitrogens with zero attached hydrogens (tertiary/aromatic N) is 1. The van der Waals surface area contributed by atoms with E-state index >= 15 is 0 Å². The van der Waals surface area contributed by atoms with Crippen LogP contribution >= 0.6 is 0 Å². The summed E-state index contributed by atoms with van der Waals surface area (Å²) in [6.45, 7) is 3.51. The standard InChI is InChI=1S/C27H28N2O6/c1-3-34-27(32)25-22(16-30)29-18(2)23(24(25)21-12-8-7-11-20(21)15-28)26(31)35-14-13-33-17-19-9-5-4-6-10-19/h4-12,24,29-30H,3,13-14,16-17H2,1-2H3. The van der Waals surface area contributed by atoms with Crippen LogP contribution in [0.25, 0.3) is 0 Å². The number of ether oxygens (including phenoxy) is 3. The number of rotatable bonds is 10. The van der Waals surface area contributed by atoms with Crippen molar-refractivity contribution >= 4 is 11.9 Å². The topological polar surface area (TPSA) is 118 Å². The van der Waals surface area contributed by atoms with E-state index in [9.17, 15) is 20.0 Å². The van der Waals surface area contributed by atoms with Crippen LogP contribution in [0, 0.1) is 11.3 Å². The number of carbonyl (C=O) groups excluding carboxylic acids is 2. The minimum absolute atomic E-state index is 0.000372. The van der Waals surface area contributed by atoms with Crippen molar-refractivity contribution in [3.8, 4) is 6.07 Å². The molecule has 0 aliphatic carbocycles. The van der Waals surface area contributed by atoms with Crippen molar-refractivity contribution in [3.63, 3.8) is 0 Å². The van der Waals surface area contributed by atoms with Crippen LogP contribution in [-0.4, -0.2) is 43.5 Å². The Morgan fingerprint density at radius 2 is 1.69 bits per heavy atom. The maximum Gasteiger partial charge on any atom is 0.336 e. The molecule has 1 aliphatic rings. The van der Waals surface area contributed by atoms with E-state index in [1.165, 1.54) is 0 Å². The van der Waals surface area contributed by atoms with E-state index in [1.807, 2.05) is 30.3 Å². The number of allylic oxidation sites excluding steroid dienone is 1. The molecule has 3 rings (SSSR count). The van der Waals surface area contributed by atoms with Crippen molar-refractivity contribution < 1.29 is 28.9 Å². The Hall–Kier alpha value is -3.93. The highest BCUT2D eigenvalue weighted by Crippen LogP contribution is 2.40. The molecule has 0 saturated carbocycles. The van der Waals surface area contributed by atoms with Gasteiger partial charge in [-0.2, -0.15) is 5.26 Å². The van der Waals surface area contributed by atoms with Gasteiger partial charge in [0.25, 0.3) is 0 Å². The summed E-state index contributed by atoms with van der Waals surface area (Å²) < 4.78 is 16.3. The number of esters is 2. The second-order valence-corrected chi connectivity index (χ2v) is 7.74. The number of benzene rings is 2. The summed E-state index contributed by atoms with van der Waals surface area (Å²) in [5.41, 5.74) is 2.59. The Bertz CT molecular complexity index is 1160. The van der Waals surface area contributed by atoms with E-state index in [0.717, 1.165) is 5.56 Å². The molecular weight excluding hydrogens is 448 g/mol. The van der Waals surface area contributed by atoms with E-state index in [1.54, 1.807) is 38.1 Å². The third-order valence-electron chi connectivity index (χ3n) is 5.48. The molecule has 1 heterocycles. The zero-order valence-electron chi connectivity index (χ0n) is 19.7. The van der Waals surface area contributed by atoms with E-state index in [2.05, 4.69) is 11.4 Å². The Morgan fingerprint density at radius 1 is 1.00 bits per heavy atom. The molecule has 35 heavy (non-hydrogen) atoms. The Labute approximate surface area is 204 Å². The number of dihydropyridines is 1. The maximum atomic E-state index is 13.3. The van der Waals surface area contributed by atoms with Gasteiger partial charge in [-0.25, -0.2) is 9.59 Å². The molecule has 8 heteroatoms. The van der Waals surface area contributed by atoms with Crippen molar-refractivity contribution in [1.29, 1.82) is 5.26 Å². The molecule has 182 valence electrons. The van der Waals surface area contributed by atoms with Crippen molar-refractivity contribution in [3.05, 3.63) is 93.8 Å². The predicted octanol–water partition coefficient (Wildman–Crippen LogP) is 3.09. The fraction of sp³-hybridized carbons (Fsp3) is 0.296. The number of hydrogen-bond donors (Lipinski definition) is 2. The SMILES string of the molecule is CCOC(=O)C1=C(CO)NC(C)=C(C(=O)OCCOCc2ccccc2)C1c1ccccc1C#N. The molecule has 0 aromatic heterocycles. The molecule has 0 amide bonds. The van der Waals surface area contributed by atoms with Gasteiger partial charge in [0.1, 0.15) is 6.61 Å². The van der Waals surface area contributed by atoms with Gasteiger partial charge in [-0.15, -0.1) is 0 Å². The van der Waals surface area contributed by atoms with Crippen LogP contribution in [0.4, 0.5) is 0 Å². The first kappa shape index (κ1) is 25.7. The monoisotopic (exact) mass is 476 g/mol. The number of nitriles is 1. The summed E-state index contributed by atoms with van der Waals surface area (Å²) >= 11 is 0. The molecular formula is C27H28N2O6. The minimum atomic E-state index is -0.953. The summed E-state index contributed by atoms with van der Waals surface area (Å²) in [4.78, 5) is 26.2. The summed E-state index contributed by atoms with van der Waals surface area (Å²) in [5, 5.41) is 22.6. The maximum absolute atomic E-state index is 13.3. The second-order valence-electron chi connectivity index (χ2n) is 7.74. The summed E-state index contributed by atoms with van der Waals surface area (Å²) in [6, 6.07) is 18.4. The van der Waals surface area contributed by atoms with Gasteiger partial charge in [0, 0.05) is 5.70 Å². The molecule has 0 bridgehead atoms. The number of nitrogens with one attached hydrogen (secondary N) is 1. The quantitative estimate of drug-likeness (QED) is 0.397. The van der Waals surface area contributed by atoms with Crippen LogP contribution in [0.15, 0.2) is 77.1 Å². The molecule has 1 atom stereocenters. The smallest absolute Gasteiger partial charge is 0.336 e. The number of hydrogen-bond acceptors (Lipinski definition) is 8. The highest BCUT2D eigenvalue weighted by molar-refractivity contribution is 6.00. The average Bonchev–Trinajstić information content (AvgIpc) is 2.88. The van der Waals surface area contributed by atoms with E-state index < -0.39 is 24.5 Å². The first-order valence-electron chi connectivity index (χ1n) is 11.3. The van der Waals surface area contributed by atoms with E-state index in [-0.39, 0.29) is 36.7 Å². The van der Waals surface area contributed by atoms with E-state index in [0.29, 0.717) is 23.4 Å². The second kappa shape index (κ2) is 12.5. The van der Waals surface area contributed by atoms with Gasteiger partial charge < -0.3 is 24.6 Å².